The van der Waals surface area contributed by atoms with Crippen LogP contribution in [0.25, 0.3) is 0 Å². The maximum absolute atomic E-state index is 13.2. The third-order valence-electron chi connectivity index (χ3n) is 6.06. The smallest absolute Gasteiger partial charge is 0.123 e. The maximum Gasteiger partial charge on any atom is 0.123 e. The molecule has 0 aromatic heterocycles. The molecular formula is C23H32Cl2FN3. The Hall–Kier alpha value is -1.17. The molecule has 2 aromatic carbocycles. The number of rotatable bonds is 6. The largest absolute Gasteiger partial charge is 0.330 e. The van der Waals surface area contributed by atoms with Crippen LogP contribution in [0.5, 0.6) is 0 Å². The Kier molecular flexibility index (Phi) is 9.38. The Balaban J connectivity index is 0.00000150. The van der Waals surface area contributed by atoms with E-state index in [1.807, 2.05) is 12.1 Å². The van der Waals surface area contributed by atoms with E-state index in [2.05, 4.69) is 34.1 Å². The average molecular weight is 440 g/mol. The number of hydrogen-bond donors (Lipinski definition) is 1. The van der Waals surface area contributed by atoms with Crippen molar-refractivity contribution in [1.82, 2.24) is 9.80 Å². The SMILES string of the molecule is Cl.Cl.NCCc1ccc(CN2C[C@H]3CC[C@@H]2CN(Cc2ccc(F)cc2)C3)cc1. The lowest BCUT2D eigenvalue weighted by molar-refractivity contribution is 0.123. The molecular weight excluding hydrogens is 408 g/mol. The molecule has 2 N–H and O–H groups in total. The molecule has 3 saturated heterocycles. The molecule has 2 atom stereocenters. The summed E-state index contributed by atoms with van der Waals surface area (Å²) in [6.07, 6.45) is 3.57. The quantitative estimate of drug-likeness (QED) is 0.729. The van der Waals surface area contributed by atoms with Gasteiger partial charge in [-0.3, -0.25) is 9.80 Å². The highest BCUT2D eigenvalue weighted by Gasteiger charge is 2.34. The lowest BCUT2D eigenvalue weighted by Gasteiger charge is -2.36. The molecule has 2 bridgehead atoms. The first kappa shape index (κ1) is 24.1. The highest BCUT2D eigenvalue weighted by atomic mass is 35.5. The molecule has 3 nitrogen and oxygen atoms in total. The van der Waals surface area contributed by atoms with Crippen molar-refractivity contribution in [3.63, 3.8) is 0 Å². The summed E-state index contributed by atoms with van der Waals surface area (Å²) in [6, 6.07) is 16.6. The molecule has 3 heterocycles. The number of nitrogens with two attached hydrogens (primary N) is 1. The van der Waals surface area contributed by atoms with Crippen LogP contribution in [0.15, 0.2) is 48.5 Å². The van der Waals surface area contributed by atoms with Crippen molar-refractivity contribution in [2.75, 3.05) is 26.2 Å². The van der Waals surface area contributed by atoms with Gasteiger partial charge < -0.3 is 5.73 Å². The van der Waals surface area contributed by atoms with Gasteiger partial charge >= 0.3 is 0 Å². The van der Waals surface area contributed by atoms with Crippen LogP contribution in [0.4, 0.5) is 4.39 Å². The zero-order chi connectivity index (χ0) is 18.6. The number of benzene rings is 2. The van der Waals surface area contributed by atoms with Crippen LogP contribution in [0, 0.1) is 11.7 Å². The minimum absolute atomic E-state index is 0. The van der Waals surface area contributed by atoms with Crippen molar-refractivity contribution in [1.29, 1.82) is 0 Å². The molecule has 0 spiro atoms. The number of halogens is 3. The minimum Gasteiger partial charge on any atom is -0.330 e. The third kappa shape index (κ3) is 6.40. The van der Waals surface area contributed by atoms with Crippen molar-refractivity contribution in [3.8, 4) is 0 Å². The lowest BCUT2D eigenvalue weighted by atomic mass is 9.94. The summed E-state index contributed by atoms with van der Waals surface area (Å²) < 4.78 is 13.2. The molecule has 0 aliphatic carbocycles. The molecule has 3 fully saturated rings. The van der Waals surface area contributed by atoms with Gasteiger partial charge in [-0.1, -0.05) is 36.4 Å². The Morgan fingerprint density at radius 1 is 0.793 bits per heavy atom. The van der Waals surface area contributed by atoms with Gasteiger partial charge in [0.15, 0.2) is 0 Å². The molecule has 0 amide bonds. The Labute approximate surface area is 186 Å². The van der Waals surface area contributed by atoms with E-state index in [0.717, 1.165) is 38.5 Å². The summed E-state index contributed by atoms with van der Waals surface area (Å²) in [5, 5.41) is 0. The van der Waals surface area contributed by atoms with E-state index in [1.165, 1.54) is 36.1 Å². The van der Waals surface area contributed by atoms with Crippen LogP contribution in [0.2, 0.25) is 0 Å². The van der Waals surface area contributed by atoms with Crippen LogP contribution >= 0.6 is 24.8 Å². The van der Waals surface area contributed by atoms with E-state index in [0.29, 0.717) is 12.6 Å². The van der Waals surface area contributed by atoms with Gasteiger partial charge in [-0.05, 0) is 60.5 Å². The summed E-state index contributed by atoms with van der Waals surface area (Å²) in [5.74, 6) is 0.582. The molecule has 160 valence electrons. The van der Waals surface area contributed by atoms with Gasteiger partial charge in [0.2, 0.25) is 0 Å². The van der Waals surface area contributed by atoms with Crippen LogP contribution in [0.3, 0.4) is 0 Å². The summed E-state index contributed by atoms with van der Waals surface area (Å²) in [6.45, 7) is 6.12. The van der Waals surface area contributed by atoms with Gasteiger partial charge in [0, 0.05) is 38.8 Å². The highest BCUT2D eigenvalue weighted by molar-refractivity contribution is 5.85. The van der Waals surface area contributed by atoms with Gasteiger partial charge in [-0.25, -0.2) is 4.39 Å². The van der Waals surface area contributed by atoms with E-state index in [4.69, 9.17) is 5.73 Å². The van der Waals surface area contributed by atoms with Crippen molar-refractivity contribution in [2.24, 2.45) is 11.7 Å². The van der Waals surface area contributed by atoms with Crippen molar-refractivity contribution in [3.05, 3.63) is 71.0 Å². The highest BCUT2D eigenvalue weighted by Crippen LogP contribution is 2.30. The fraction of sp³-hybridized carbons (Fsp3) is 0.478. The molecule has 0 radical (unpaired) electrons. The lowest BCUT2D eigenvalue weighted by Crippen LogP contribution is -2.43. The third-order valence-corrected chi connectivity index (χ3v) is 6.06. The topological polar surface area (TPSA) is 32.5 Å². The fourth-order valence-corrected chi connectivity index (χ4v) is 4.66. The number of fused-ring (bicyclic) bond motifs is 4. The van der Waals surface area contributed by atoms with E-state index in [1.54, 1.807) is 12.1 Å². The summed E-state index contributed by atoms with van der Waals surface area (Å²) >= 11 is 0. The minimum atomic E-state index is -0.154. The van der Waals surface area contributed by atoms with Crippen molar-refractivity contribution in [2.45, 2.75) is 38.4 Å². The Morgan fingerprint density at radius 3 is 2.10 bits per heavy atom. The molecule has 0 unspecified atom stereocenters. The van der Waals surface area contributed by atoms with E-state index in [-0.39, 0.29) is 30.6 Å². The predicted octanol–water partition coefficient (Wildman–Crippen LogP) is 4.27. The zero-order valence-electron chi connectivity index (χ0n) is 16.8. The normalized spacial score (nSPS) is 21.9. The van der Waals surface area contributed by atoms with Gasteiger partial charge in [-0.2, -0.15) is 0 Å². The summed E-state index contributed by atoms with van der Waals surface area (Å²) in [5.41, 5.74) is 9.58. The van der Waals surface area contributed by atoms with Crippen LogP contribution in [-0.4, -0.2) is 42.0 Å². The number of nitrogens with zero attached hydrogens (tertiary/aromatic N) is 2. The van der Waals surface area contributed by atoms with Crippen molar-refractivity contribution >= 4 is 24.8 Å². The molecule has 29 heavy (non-hydrogen) atoms. The molecule has 5 rings (SSSR count). The van der Waals surface area contributed by atoms with E-state index in [9.17, 15) is 4.39 Å². The summed E-state index contributed by atoms with van der Waals surface area (Å²) in [7, 11) is 0. The first-order chi connectivity index (χ1) is 13.2. The standard InChI is InChI=1S/C23H30FN3.2ClH/c24-22-8-5-19(6-9-22)13-26-14-21-7-10-23(17-26)27(16-21)15-20-3-1-18(2-4-20)11-12-25;;/h1-6,8-9,21,23H,7,10-17,25H2;2*1H/t21-,23+;;/m0../s1. The van der Waals surface area contributed by atoms with Crippen LogP contribution < -0.4 is 5.73 Å². The number of hydrogen-bond acceptors (Lipinski definition) is 3. The van der Waals surface area contributed by atoms with Crippen LogP contribution in [-0.2, 0) is 19.5 Å². The van der Waals surface area contributed by atoms with Gasteiger partial charge in [0.1, 0.15) is 5.82 Å². The van der Waals surface area contributed by atoms with E-state index >= 15 is 0 Å². The second-order valence-corrected chi connectivity index (χ2v) is 8.20. The molecule has 6 heteroatoms. The summed E-state index contributed by atoms with van der Waals surface area (Å²) in [4.78, 5) is 5.25. The molecule has 2 aromatic rings. The Bertz CT molecular complexity index is 739. The second-order valence-electron chi connectivity index (χ2n) is 8.20. The molecule has 3 aliphatic rings. The van der Waals surface area contributed by atoms with Crippen molar-refractivity contribution < 1.29 is 4.39 Å². The van der Waals surface area contributed by atoms with Gasteiger partial charge in [0.05, 0.1) is 0 Å². The fourth-order valence-electron chi connectivity index (χ4n) is 4.66. The molecule has 0 saturated carbocycles. The van der Waals surface area contributed by atoms with Crippen LogP contribution in [0.1, 0.15) is 29.5 Å². The molecule has 3 aliphatic heterocycles. The van der Waals surface area contributed by atoms with Gasteiger partial charge in [0.25, 0.3) is 0 Å². The second kappa shape index (κ2) is 11.3. The first-order valence-electron chi connectivity index (χ1n) is 10.2. The number of piperidine rings is 1. The predicted molar refractivity (Wildman–Crippen MR) is 122 cm³/mol. The maximum atomic E-state index is 13.2. The van der Waals surface area contributed by atoms with Gasteiger partial charge in [-0.15, -0.1) is 24.8 Å². The monoisotopic (exact) mass is 439 g/mol. The zero-order valence-corrected chi connectivity index (χ0v) is 18.4. The average Bonchev–Trinajstić information content (AvgIpc) is 2.96. The first-order valence-corrected chi connectivity index (χ1v) is 10.2. The Morgan fingerprint density at radius 2 is 1.41 bits per heavy atom. The van der Waals surface area contributed by atoms with E-state index < -0.39 is 0 Å².